The summed E-state index contributed by atoms with van der Waals surface area (Å²) >= 11 is 1.83. The fourth-order valence-electron chi connectivity index (χ4n) is 1.71. The summed E-state index contributed by atoms with van der Waals surface area (Å²) in [5.74, 6) is 7.34. The van der Waals surface area contributed by atoms with Crippen molar-refractivity contribution in [2.75, 3.05) is 19.1 Å². The summed E-state index contributed by atoms with van der Waals surface area (Å²) in [4.78, 5) is 6.63. The zero-order valence-corrected chi connectivity index (χ0v) is 12.1. The topological polar surface area (TPSA) is 53.6 Å². The van der Waals surface area contributed by atoms with Crippen LogP contribution in [0.4, 0.5) is 5.69 Å². The van der Waals surface area contributed by atoms with E-state index >= 15 is 0 Å². The number of hydrogen-bond acceptors (Lipinski definition) is 3. The van der Waals surface area contributed by atoms with Gasteiger partial charge in [-0.3, -0.25) is 5.43 Å². The number of hydrogen-bond donors (Lipinski definition) is 2. The molecule has 1 unspecified atom stereocenters. The third-order valence-electron chi connectivity index (χ3n) is 2.83. The van der Waals surface area contributed by atoms with Crippen LogP contribution in [0.2, 0.25) is 0 Å². The zero-order valence-electron chi connectivity index (χ0n) is 11.3. The Morgan fingerprint density at radius 1 is 1.44 bits per heavy atom. The Bertz CT molecular complexity index is 367. The number of nitrogens with zero attached hydrogens (tertiary/aromatic N) is 2. The third kappa shape index (κ3) is 4.23. The summed E-state index contributed by atoms with van der Waals surface area (Å²) in [6, 6.07) is 10.2. The lowest BCUT2D eigenvalue weighted by Gasteiger charge is -2.29. The Kier molecular flexibility index (Phi) is 6.60. The second-order valence-electron chi connectivity index (χ2n) is 4.04. The van der Waals surface area contributed by atoms with Gasteiger partial charge < -0.3 is 4.90 Å². The molecule has 0 radical (unpaired) electrons. The summed E-state index contributed by atoms with van der Waals surface area (Å²) in [6.07, 6.45) is 3.17. The highest BCUT2D eigenvalue weighted by atomic mass is 32.2. The van der Waals surface area contributed by atoms with Crippen LogP contribution in [0.3, 0.4) is 0 Å². The van der Waals surface area contributed by atoms with Gasteiger partial charge in [0.25, 0.3) is 0 Å². The Labute approximate surface area is 114 Å². The Morgan fingerprint density at radius 2 is 2.11 bits per heavy atom. The summed E-state index contributed by atoms with van der Waals surface area (Å²) in [6.45, 7) is 2.17. The molecule has 0 saturated heterocycles. The quantitative estimate of drug-likeness (QED) is 0.371. The fourth-order valence-corrected chi connectivity index (χ4v) is 2.55. The maximum atomic E-state index is 5.58. The molecule has 0 spiro atoms. The molecule has 0 heterocycles. The van der Waals surface area contributed by atoms with E-state index in [1.165, 1.54) is 0 Å². The van der Waals surface area contributed by atoms with Crippen molar-refractivity contribution >= 4 is 23.4 Å². The van der Waals surface area contributed by atoms with E-state index in [4.69, 9.17) is 5.84 Å². The number of rotatable bonds is 5. The molecule has 0 bridgehead atoms. The molecule has 3 N–H and O–H groups in total. The van der Waals surface area contributed by atoms with Crippen LogP contribution >= 0.6 is 11.8 Å². The van der Waals surface area contributed by atoms with Crippen LogP contribution in [0.1, 0.15) is 13.3 Å². The van der Waals surface area contributed by atoms with Gasteiger partial charge in [-0.05, 0) is 24.8 Å². The number of thioether (sulfide) groups is 1. The normalized spacial score (nSPS) is 13.2. The highest BCUT2D eigenvalue weighted by Crippen LogP contribution is 2.13. The molecular formula is C13H22N4S. The van der Waals surface area contributed by atoms with Crippen LogP contribution in [-0.2, 0) is 0 Å². The van der Waals surface area contributed by atoms with Crippen LogP contribution in [-0.4, -0.2) is 36.0 Å². The number of nitrogens with one attached hydrogen (secondary N) is 1. The number of aliphatic imine (C=N–C) groups is 1. The first-order valence-electron chi connectivity index (χ1n) is 6.05. The van der Waals surface area contributed by atoms with Gasteiger partial charge in [0.2, 0.25) is 5.96 Å². The van der Waals surface area contributed by atoms with E-state index in [0.717, 1.165) is 17.9 Å². The van der Waals surface area contributed by atoms with E-state index in [1.807, 2.05) is 49.1 Å². The highest BCUT2D eigenvalue weighted by Gasteiger charge is 2.15. The summed E-state index contributed by atoms with van der Waals surface area (Å²) in [5.41, 5.74) is 3.59. The number of para-hydroxylation sites is 1. The second kappa shape index (κ2) is 8.00. The van der Waals surface area contributed by atoms with E-state index in [2.05, 4.69) is 28.5 Å². The summed E-state index contributed by atoms with van der Waals surface area (Å²) < 4.78 is 0. The standard InChI is InChI=1S/C13H22N4S/c1-4-12(10-18-3)17(2)13(16-14)15-11-8-6-5-7-9-11/h5-9,12H,4,10,14H2,1-3H3,(H,15,16). The van der Waals surface area contributed by atoms with Crippen LogP contribution in [0.15, 0.2) is 35.3 Å². The largest absolute Gasteiger partial charge is 0.341 e. The zero-order chi connectivity index (χ0) is 13.4. The van der Waals surface area contributed by atoms with Gasteiger partial charge in [0.05, 0.1) is 5.69 Å². The average Bonchev–Trinajstić information content (AvgIpc) is 2.42. The lowest BCUT2D eigenvalue weighted by atomic mass is 10.2. The van der Waals surface area contributed by atoms with E-state index < -0.39 is 0 Å². The lowest BCUT2D eigenvalue weighted by molar-refractivity contribution is 0.374. The third-order valence-corrected chi connectivity index (χ3v) is 3.55. The fraction of sp³-hybridized carbons (Fsp3) is 0.462. The Balaban J connectivity index is 2.85. The average molecular weight is 266 g/mol. The summed E-state index contributed by atoms with van der Waals surface area (Å²) in [7, 11) is 2.02. The maximum absolute atomic E-state index is 5.58. The first-order valence-corrected chi connectivity index (χ1v) is 7.44. The molecule has 1 rings (SSSR count). The minimum absolute atomic E-state index is 0.429. The van der Waals surface area contributed by atoms with Crippen LogP contribution in [0, 0.1) is 0 Å². The Morgan fingerprint density at radius 3 is 2.61 bits per heavy atom. The van der Waals surface area contributed by atoms with Crippen molar-refractivity contribution in [2.45, 2.75) is 19.4 Å². The molecule has 0 aliphatic heterocycles. The molecule has 0 aromatic heterocycles. The molecule has 1 aromatic carbocycles. The van der Waals surface area contributed by atoms with Gasteiger partial charge in [0, 0.05) is 18.8 Å². The van der Waals surface area contributed by atoms with Gasteiger partial charge in [0.1, 0.15) is 0 Å². The number of benzene rings is 1. The van der Waals surface area contributed by atoms with E-state index in [9.17, 15) is 0 Å². The van der Waals surface area contributed by atoms with Crippen molar-refractivity contribution in [2.24, 2.45) is 10.8 Å². The van der Waals surface area contributed by atoms with E-state index in [0.29, 0.717) is 12.0 Å². The SMILES string of the molecule is CCC(CSC)N(C)C(=Nc1ccccc1)NN. The monoisotopic (exact) mass is 266 g/mol. The smallest absolute Gasteiger partial charge is 0.213 e. The van der Waals surface area contributed by atoms with Crippen LogP contribution < -0.4 is 11.3 Å². The van der Waals surface area contributed by atoms with Gasteiger partial charge in [-0.2, -0.15) is 11.8 Å². The van der Waals surface area contributed by atoms with Gasteiger partial charge in [-0.1, -0.05) is 25.1 Å². The van der Waals surface area contributed by atoms with Crippen molar-refractivity contribution in [3.05, 3.63) is 30.3 Å². The second-order valence-corrected chi connectivity index (χ2v) is 4.95. The molecular weight excluding hydrogens is 244 g/mol. The Hall–Kier alpha value is -1.20. The molecule has 0 saturated carbocycles. The molecule has 1 aromatic rings. The maximum Gasteiger partial charge on any atom is 0.213 e. The minimum atomic E-state index is 0.429. The molecule has 5 heteroatoms. The first kappa shape index (κ1) is 14.9. The molecule has 100 valence electrons. The minimum Gasteiger partial charge on any atom is -0.341 e. The lowest BCUT2D eigenvalue weighted by Crippen LogP contribution is -2.48. The van der Waals surface area contributed by atoms with Gasteiger partial charge in [-0.15, -0.1) is 0 Å². The first-order chi connectivity index (χ1) is 8.72. The molecule has 0 fully saturated rings. The molecule has 0 aliphatic rings. The van der Waals surface area contributed by atoms with Gasteiger partial charge >= 0.3 is 0 Å². The van der Waals surface area contributed by atoms with Gasteiger partial charge in [0.15, 0.2) is 0 Å². The molecule has 0 amide bonds. The summed E-state index contributed by atoms with van der Waals surface area (Å²) in [5, 5.41) is 0. The van der Waals surface area contributed by atoms with E-state index in [1.54, 1.807) is 0 Å². The molecule has 0 aliphatic carbocycles. The molecule has 18 heavy (non-hydrogen) atoms. The van der Waals surface area contributed by atoms with E-state index in [-0.39, 0.29) is 0 Å². The predicted molar refractivity (Wildman–Crippen MR) is 81.1 cm³/mol. The number of guanidine groups is 1. The molecule has 1 atom stereocenters. The number of hydrazine groups is 1. The van der Waals surface area contributed by atoms with Crippen molar-refractivity contribution in [1.82, 2.24) is 10.3 Å². The van der Waals surface area contributed by atoms with Crippen molar-refractivity contribution in [1.29, 1.82) is 0 Å². The van der Waals surface area contributed by atoms with Crippen molar-refractivity contribution in [3.8, 4) is 0 Å². The molecule has 4 nitrogen and oxygen atoms in total. The highest BCUT2D eigenvalue weighted by molar-refractivity contribution is 7.98. The van der Waals surface area contributed by atoms with Crippen molar-refractivity contribution in [3.63, 3.8) is 0 Å². The van der Waals surface area contributed by atoms with Crippen molar-refractivity contribution < 1.29 is 0 Å². The van der Waals surface area contributed by atoms with Gasteiger partial charge in [-0.25, -0.2) is 10.8 Å². The van der Waals surface area contributed by atoms with Crippen LogP contribution in [0.25, 0.3) is 0 Å². The van der Waals surface area contributed by atoms with Crippen LogP contribution in [0.5, 0.6) is 0 Å². The predicted octanol–water partition coefficient (Wildman–Crippen LogP) is 2.21. The number of nitrogens with two attached hydrogens (primary N) is 1.